The highest BCUT2D eigenvalue weighted by molar-refractivity contribution is 6.31. The van der Waals surface area contributed by atoms with E-state index in [0.717, 1.165) is 18.0 Å². The number of pyridine rings is 1. The standard InChI is InChI=1S/C17H16ClF3N4O2/c1-2-27-16(26)13-6-12(18)11-3-4-25(8-14(11)24-13)7-10-5-15(17(19,20)21)23-9-22-10/h5-6,9H,2-4,7-8H2,1H3. The zero-order chi connectivity index (χ0) is 19.6. The van der Waals surface area contributed by atoms with Crippen LogP contribution < -0.4 is 0 Å². The topological polar surface area (TPSA) is 68.2 Å². The molecule has 3 heterocycles. The van der Waals surface area contributed by atoms with Gasteiger partial charge in [-0.2, -0.15) is 13.2 Å². The highest BCUT2D eigenvalue weighted by Gasteiger charge is 2.33. The van der Waals surface area contributed by atoms with Gasteiger partial charge < -0.3 is 4.74 Å². The highest BCUT2D eigenvalue weighted by Crippen LogP contribution is 2.29. The van der Waals surface area contributed by atoms with Crippen LogP contribution in [0.25, 0.3) is 0 Å². The molecule has 2 aromatic heterocycles. The summed E-state index contributed by atoms with van der Waals surface area (Å²) in [6.45, 7) is 3.04. The minimum Gasteiger partial charge on any atom is -0.461 e. The number of aromatic nitrogens is 3. The van der Waals surface area contributed by atoms with E-state index >= 15 is 0 Å². The number of ether oxygens (including phenoxy) is 1. The summed E-state index contributed by atoms with van der Waals surface area (Å²) in [6.07, 6.45) is -3.04. The molecule has 3 rings (SSSR count). The molecule has 0 saturated carbocycles. The van der Waals surface area contributed by atoms with E-state index in [0.29, 0.717) is 30.2 Å². The molecule has 0 spiro atoms. The van der Waals surface area contributed by atoms with E-state index in [-0.39, 0.29) is 24.5 Å². The predicted octanol–water partition coefficient (Wildman–Crippen LogP) is 3.28. The number of nitrogens with zero attached hydrogens (tertiary/aromatic N) is 4. The number of carbonyl (C=O) groups excluding carboxylic acids is 1. The van der Waals surface area contributed by atoms with Gasteiger partial charge in [0.2, 0.25) is 0 Å². The maximum Gasteiger partial charge on any atom is 0.433 e. The summed E-state index contributed by atoms with van der Waals surface area (Å²) in [5.41, 5.74) is 0.842. The molecule has 0 bridgehead atoms. The average molecular weight is 401 g/mol. The molecule has 0 N–H and O–H groups in total. The van der Waals surface area contributed by atoms with Crippen LogP contribution in [0.2, 0.25) is 5.02 Å². The van der Waals surface area contributed by atoms with Gasteiger partial charge in [-0.15, -0.1) is 0 Å². The number of carbonyl (C=O) groups is 1. The van der Waals surface area contributed by atoms with Crippen molar-refractivity contribution in [2.75, 3.05) is 13.2 Å². The third-order valence-electron chi connectivity index (χ3n) is 4.09. The Hall–Kier alpha value is -2.26. The lowest BCUT2D eigenvalue weighted by Gasteiger charge is -2.28. The van der Waals surface area contributed by atoms with Crippen molar-refractivity contribution in [3.05, 3.63) is 51.8 Å². The van der Waals surface area contributed by atoms with E-state index in [9.17, 15) is 18.0 Å². The second-order valence-electron chi connectivity index (χ2n) is 5.99. The first-order chi connectivity index (χ1) is 12.8. The largest absolute Gasteiger partial charge is 0.461 e. The zero-order valence-electron chi connectivity index (χ0n) is 14.4. The van der Waals surface area contributed by atoms with Crippen molar-refractivity contribution >= 4 is 17.6 Å². The van der Waals surface area contributed by atoms with Crippen molar-refractivity contribution in [3.63, 3.8) is 0 Å². The minimum absolute atomic E-state index is 0.115. The Kier molecular flexibility index (Phi) is 5.61. The smallest absolute Gasteiger partial charge is 0.433 e. The molecule has 0 aliphatic carbocycles. The molecular weight excluding hydrogens is 385 g/mol. The molecule has 0 radical (unpaired) electrons. The van der Waals surface area contributed by atoms with Gasteiger partial charge in [0.1, 0.15) is 17.7 Å². The fourth-order valence-corrected chi connectivity index (χ4v) is 3.17. The van der Waals surface area contributed by atoms with E-state index < -0.39 is 17.8 Å². The molecule has 0 unspecified atom stereocenters. The fraction of sp³-hybridized carbons (Fsp3) is 0.412. The second kappa shape index (κ2) is 7.77. The highest BCUT2D eigenvalue weighted by atomic mass is 35.5. The van der Waals surface area contributed by atoms with E-state index in [1.165, 1.54) is 6.07 Å². The van der Waals surface area contributed by atoms with Crippen LogP contribution in [0.15, 0.2) is 18.5 Å². The lowest BCUT2D eigenvalue weighted by Crippen LogP contribution is -2.32. The monoisotopic (exact) mass is 400 g/mol. The van der Waals surface area contributed by atoms with Crippen LogP contribution in [0.1, 0.15) is 40.1 Å². The molecule has 6 nitrogen and oxygen atoms in total. The molecule has 0 aromatic carbocycles. The molecule has 0 amide bonds. The van der Waals surface area contributed by atoms with Gasteiger partial charge in [-0.25, -0.2) is 19.7 Å². The van der Waals surface area contributed by atoms with Gasteiger partial charge in [0.15, 0.2) is 0 Å². The van der Waals surface area contributed by atoms with Gasteiger partial charge in [-0.05, 0) is 31.0 Å². The quantitative estimate of drug-likeness (QED) is 0.734. The van der Waals surface area contributed by atoms with Crippen LogP contribution in [0.4, 0.5) is 13.2 Å². The number of esters is 1. The second-order valence-corrected chi connectivity index (χ2v) is 6.40. The maximum absolute atomic E-state index is 12.8. The first-order valence-corrected chi connectivity index (χ1v) is 8.61. The van der Waals surface area contributed by atoms with Crippen molar-refractivity contribution in [2.24, 2.45) is 0 Å². The third-order valence-corrected chi connectivity index (χ3v) is 4.43. The van der Waals surface area contributed by atoms with Crippen LogP contribution >= 0.6 is 11.6 Å². The van der Waals surface area contributed by atoms with Gasteiger partial charge >= 0.3 is 12.1 Å². The molecule has 0 fully saturated rings. The van der Waals surface area contributed by atoms with Crippen molar-refractivity contribution in [1.82, 2.24) is 19.9 Å². The molecule has 27 heavy (non-hydrogen) atoms. The lowest BCUT2D eigenvalue weighted by molar-refractivity contribution is -0.141. The first kappa shape index (κ1) is 19.5. The normalized spacial score (nSPS) is 14.7. The third kappa shape index (κ3) is 4.54. The van der Waals surface area contributed by atoms with Crippen LogP contribution in [0, 0.1) is 0 Å². The first-order valence-electron chi connectivity index (χ1n) is 8.23. The minimum atomic E-state index is -4.52. The maximum atomic E-state index is 12.8. The molecule has 1 aliphatic heterocycles. The van der Waals surface area contributed by atoms with Gasteiger partial charge in [0, 0.05) is 24.7 Å². The fourth-order valence-electron chi connectivity index (χ4n) is 2.86. The van der Waals surface area contributed by atoms with E-state index in [2.05, 4.69) is 15.0 Å². The summed E-state index contributed by atoms with van der Waals surface area (Å²) in [5.74, 6) is -0.565. The summed E-state index contributed by atoms with van der Waals surface area (Å²) in [7, 11) is 0. The SMILES string of the molecule is CCOC(=O)c1cc(Cl)c2c(n1)CN(Cc1cc(C(F)(F)F)ncn1)CC2. The van der Waals surface area contributed by atoms with Crippen LogP contribution in [0.3, 0.4) is 0 Å². The van der Waals surface area contributed by atoms with Gasteiger partial charge in [0.25, 0.3) is 0 Å². The molecule has 0 atom stereocenters. The van der Waals surface area contributed by atoms with E-state index in [1.807, 2.05) is 4.90 Å². The Morgan fingerprint density at radius 3 is 2.81 bits per heavy atom. The number of halogens is 4. The van der Waals surface area contributed by atoms with Crippen LogP contribution in [-0.4, -0.2) is 39.0 Å². The number of alkyl halides is 3. The molecule has 144 valence electrons. The molecule has 2 aromatic rings. The lowest BCUT2D eigenvalue weighted by atomic mass is 10.0. The van der Waals surface area contributed by atoms with Gasteiger partial charge in [-0.1, -0.05) is 11.6 Å². The Morgan fingerprint density at radius 1 is 1.33 bits per heavy atom. The molecule has 10 heteroatoms. The van der Waals surface area contributed by atoms with E-state index in [4.69, 9.17) is 16.3 Å². The van der Waals surface area contributed by atoms with Crippen LogP contribution in [-0.2, 0) is 30.4 Å². The number of hydrogen-bond donors (Lipinski definition) is 0. The Bertz CT molecular complexity index is 861. The van der Waals surface area contributed by atoms with Gasteiger partial charge in [-0.3, -0.25) is 4.90 Å². The van der Waals surface area contributed by atoms with Crippen molar-refractivity contribution < 1.29 is 22.7 Å². The Morgan fingerprint density at radius 2 is 2.11 bits per heavy atom. The number of hydrogen-bond acceptors (Lipinski definition) is 6. The van der Waals surface area contributed by atoms with Crippen LogP contribution in [0.5, 0.6) is 0 Å². The van der Waals surface area contributed by atoms with E-state index in [1.54, 1.807) is 6.92 Å². The summed E-state index contributed by atoms with van der Waals surface area (Å²) < 4.78 is 43.3. The summed E-state index contributed by atoms with van der Waals surface area (Å²) in [6, 6.07) is 2.42. The number of fused-ring (bicyclic) bond motifs is 1. The zero-order valence-corrected chi connectivity index (χ0v) is 15.1. The van der Waals surface area contributed by atoms with Crippen molar-refractivity contribution in [1.29, 1.82) is 0 Å². The molecule has 0 saturated heterocycles. The average Bonchev–Trinajstić information content (AvgIpc) is 2.61. The Balaban J connectivity index is 1.79. The van der Waals surface area contributed by atoms with Crippen molar-refractivity contribution in [3.8, 4) is 0 Å². The summed E-state index contributed by atoms with van der Waals surface area (Å²) >= 11 is 6.26. The Labute approximate surface area is 158 Å². The molecular formula is C17H16ClF3N4O2. The summed E-state index contributed by atoms with van der Waals surface area (Å²) in [5, 5.41) is 0.434. The predicted molar refractivity (Wildman–Crippen MR) is 90.1 cm³/mol. The molecule has 1 aliphatic rings. The van der Waals surface area contributed by atoms with Crippen molar-refractivity contribution in [2.45, 2.75) is 32.6 Å². The summed E-state index contributed by atoms with van der Waals surface area (Å²) in [4.78, 5) is 25.3. The number of rotatable bonds is 4. The van der Waals surface area contributed by atoms with Gasteiger partial charge in [0.05, 0.1) is 18.0 Å².